The molecule has 18 heavy (non-hydrogen) atoms. The molecule has 0 radical (unpaired) electrons. The normalized spacial score (nSPS) is 21.5. The average Bonchev–Trinajstić information content (AvgIpc) is 2.40. The molecule has 2 N–H and O–H groups in total. The van der Waals surface area contributed by atoms with Gasteiger partial charge in [-0.1, -0.05) is 0 Å². The molecular formula is C12H16N2O4. The van der Waals surface area contributed by atoms with Crippen LogP contribution in [0.3, 0.4) is 0 Å². The van der Waals surface area contributed by atoms with E-state index in [4.69, 9.17) is 4.74 Å². The maximum atomic E-state index is 10.5. The van der Waals surface area contributed by atoms with E-state index in [1.165, 1.54) is 12.1 Å². The average molecular weight is 252 g/mol. The topological polar surface area (TPSA) is 84.6 Å². The predicted octanol–water partition coefficient (Wildman–Crippen LogP) is 1.01. The summed E-state index contributed by atoms with van der Waals surface area (Å²) in [5.41, 5.74) is 0.720. The van der Waals surface area contributed by atoms with Crippen LogP contribution < -0.4 is 5.32 Å². The summed E-state index contributed by atoms with van der Waals surface area (Å²) in [5.74, 6) is 0. The van der Waals surface area contributed by atoms with Crippen molar-refractivity contribution in [2.24, 2.45) is 0 Å². The third-order valence-corrected chi connectivity index (χ3v) is 2.99. The van der Waals surface area contributed by atoms with Crippen molar-refractivity contribution in [1.82, 2.24) is 5.32 Å². The van der Waals surface area contributed by atoms with Crippen molar-refractivity contribution in [2.75, 3.05) is 19.8 Å². The predicted molar refractivity (Wildman–Crippen MR) is 65.3 cm³/mol. The first kappa shape index (κ1) is 12.9. The van der Waals surface area contributed by atoms with Crippen LogP contribution in [-0.4, -0.2) is 35.8 Å². The lowest BCUT2D eigenvalue weighted by Gasteiger charge is -2.25. The molecular weight excluding hydrogens is 236 g/mol. The van der Waals surface area contributed by atoms with E-state index < -0.39 is 11.0 Å². The maximum Gasteiger partial charge on any atom is 0.269 e. The SMILES string of the molecule is O=[N+]([O-])c1ccc(C(O)CC2COCCN2)cc1. The highest BCUT2D eigenvalue weighted by Crippen LogP contribution is 2.21. The standard InChI is InChI=1S/C12H16N2O4/c15-12(7-10-8-18-6-5-13-10)9-1-3-11(4-2-9)14(16)17/h1-4,10,12-13,15H,5-8H2. The van der Waals surface area contributed by atoms with Gasteiger partial charge in [0, 0.05) is 24.7 Å². The maximum absolute atomic E-state index is 10.5. The summed E-state index contributed by atoms with van der Waals surface area (Å²) in [4.78, 5) is 10.1. The largest absolute Gasteiger partial charge is 0.388 e. The van der Waals surface area contributed by atoms with E-state index in [0.717, 1.165) is 6.54 Å². The second-order valence-electron chi connectivity index (χ2n) is 4.33. The first-order valence-corrected chi connectivity index (χ1v) is 5.90. The van der Waals surface area contributed by atoms with Crippen LogP contribution in [0.4, 0.5) is 5.69 Å². The van der Waals surface area contributed by atoms with Crippen LogP contribution in [0.2, 0.25) is 0 Å². The number of benzene rings is 1. The van der Waals surface area contributed by atoms with Crippen LogP contribution in [0, 0.1) is 10.1 Å². The summed E-state index contributed by atoms with van der Waals surface area (Å²) in [6.45, 7) is 2.08. The van der Waals surface area contributed by atoms with Crippen LogP contribution in [0.1, 0.15) is 18.1 Å². The summed E-state index contributed by atoms with van der Waals surface area (Å²) >= 11 is 0. The molecule has 98 valence electrons. The van der Waals surface area contributed by atoms with Gasteiger partial charge in [-0.05, 0) is 24.1 Å². The van der Waals surface area contributed by atoms with Crippen molar-refractivity contribution in [3.05, 3.63) is 39.9 Å². The highest BCUT2D eigenvalue weighted by molar-refractivity contribution is 5.33. The van der Waals surface area contributed by atoms with Crippen molar-refractivity contribution < 1.29 is 14.8 Å². The molecule has 1 aromatic rings. The van der Waals surface area contributed by atoms with E-state index in [1.54, 1.807) is 12.1 Å². The molecule has 1 aromatic carbocycles. The van der Waals surface area contributed by atoms with E-state index >= 15 is 0 Å². The summed E-state index contributed by atoms with van der Waals surface area (Å²) in [5, 5.41) is 23.8. The molecule has 6 heteroatoms. The van der Waals surface area contributed by atoms with E-state index in [2.05, 4.69) is 5.32 Å². The molecule has 1 heterocycles. The lowest BCUT2D eigenvalue weighted by atomic mass is 10.0. The molecule has 0 bridgehead atoms. The fourth-order valence-corrected chi connectivity index (χ4v) is 1.99. The number of aliphatic hydroxyl groups excluding tert-OH is 1. The Balaban J connectivity index is 1.95. The minimum absolute atomic E-state index is 0.0325. The number of morpholine rings is 1. The Bertz CT molecular complexity index is 401. The molecule has 1 aliphatic rings. The number of aliphatic hydroxyl groups is 1. The molecule has 2 rings (SSSR count). The van der Waals surface area contributed by atoms with E-state index in [1.807, 2.05) is 0 Å². The quantitative estimate of drug-likeness (QED) is 0.617. The molecule has 0 saturated carbocycles. The van der Waals surface area contributed by atoms with E-state index in [-0.39, 0.29) is 11.7 Å². The van der Waals surface area contributed by atoms with Gasteiger partial charge < -0.3 is 15.2 Å². The fraction of sp³-hybridized carbons (Fsp3) is 0.500. The minimum atomic E-state index is -0.634. The molecule has 0 aliphatic carbocycles. The second kappa shape index (κ2) is 5.90. The van der Waals surface area contributed by atoms with Gasteiger partial charge in [-0.25, -0.2) is 0 Å². The highest BCUT2D eigenvalue weighted by atomic mass is 16.6. The smallest absolute Gasteiger partial charge is 0.269 e. The van der Waals surface area contributed by atoms with Crippen LogP contribution in [0.15, 0.2) is 24.3 Å². The Kier molecular flexibility index (Phi) is 4.24. The third-order valence-electron chi connectivity index (χ3n) is 2.99. The molecule has 2 atom stereocenters. The fourth-order valence-electron chi connectivity index (χ4n) is 1.99. The van der Waals surface area contributed by atoms with Gasteiger partial charge in [0.15, 0.2) is 0 Å². The molecule has 2 unspecified atom stereocenters. The Morgan fingerprint density at radius 1 is 1.50 bits per heavy atom. The number of hydrogen-bond donors (Lipinski definition) is 2. The number of hydrogen-bond acceptors (Lipinski definition) is 5. The molecule has 1 saturated heterocycles. The molecule has 1 aliphatic heterocycles. The van der Waals surface area contributed by atoms with E-state index in [0.29, 0.717) is 25.2 Å². The van der Waals surface area contributed by atoms with Crippen LogP contribution in [-0.2, 0) is 4.74 Å². The summed E-state index contributed by atoms with van der Waals surface area (Å²) in [7, 11) is 0. The Labute approximate surface area is 105 Å². The lowest BCUT2D eigenvalue weighted by Crippen LogP contribution is -2.42. The minimum Gasteiger partial charge on any atom is -0.388 e. The highest BCUT2D eigenvalue weighted by Gasteiger charge is 2.19. The Hall–Kier alpha value is -1.50. The van der Waals surface area contributed by atoms with Crippen molar-refractivity contribution in [3.8, 4) is 0 Å². The van der Waals surface area contributed by atoms with E-state index in [9.17, 15) is 15.2 Å². The van der Waals surface area contributed by atoms with Gasteiger partial charge in [-0.3, -0.25) is 10.1 Å². The summed E-state index contributed by atoms with van der Waals surface area (Å²) < 4.78 is 5.31. The number of nitro groups is 1. The Morgan fingerprint density at radius 3 is 2.78 bits per heavy atom. The first-order chi connectivity index (χ1) is 8.66. The number of nitrogens with one attached hydrogen (secondary N) is 1. The van der Waals surface area contributed by atoms with Crippen molar-refractivity contribution in [1.29, 1.82) is 0 Å². The van der Waals surface area contributed by atoms with Crippen molar-refractivity contribution in [3.63, 3.8) is 0 Å². The van der Waals surface area contributed by atoms with Gasteiger partial charge in [0.25, 0.3) is 5.69 Å². The zero-order valence-corrected chi connectivity index (χ0v) is 9.91. The van der Waals surface area contributed by atoms with Crippen molar-refractivity contribution >= 4 is 5.69 Å². The van der Waals surface area contributed by atoms with Crippen LogP contribution in [0.25, 0.3) is 0 Å². The van der Waals surface area contributed by atoms with Crippen LogP contribution >= 0.6 is 0 Å². The number of nitro benzene ring substituents is 1. The molecule has 0 amide bonds. The van der Waals surface area contributed by atoms with Gasteiger partial charge in [0.1, 0.15) is 0 Å². The first-order valence-electron chi connectivity index (χ1n) is 5.90. The Morgan fingerprint density at radius 2 is 2.22 bits per heavy atom. The van der Waals surface area contributed by atoms with Crippen molar-refractivity contribution in [2.45, 2.75) is 18.6 Å². The van der Waals surface area contributed by atoms with Gasteiger partial charge in [-0.15, -0.1) is 0 Å². The molecule has 0 aromatic heterocycles. The zero-order valence-electron chi connectivity index (χ0n) is 9.91. The lowest BCUT2D eigenvalue weighted by molar-refractivity contribution is -0.384. The van der Waals surface area contributed by atoms with Gasteiger partial charge >= 0.3 is 0 Å². The number of rotatable bonds is 4. The van der Waals surface area contributed by atoms with Gasteiger partial charge in [0.05, 0.1) is 24.2 Å². The summed E-state index contributed by atoms with van der Waals surface area (Å²) in [6.07, 6.45) is -0.0948. The second-order valence-corrected chi connectivity index (χ2v) is 4.33. The monoisotopic (exact) mass is 252 g/mol. The summed E-state index contributed by atoms with van der Waals surface area (Å²) in [6, 6.07) is 6.12. The molecule has 1 fully saturated rings. The molecule has 6 nitrogen and oxygen atoms in total. The third kappa shape index (κ3) is 3.25. The number of ether oxygens (including phenoxy) is 1. The zero-order chi connectivity index (χ0) is 13.0. The van der Waals surface area contributed by atoms with Gasteiger partial charge in [-0.2, -0.15) is 0 Å². The number of non-ortho nitro benzene ring substituents is 1. The molecule has 0 spiro atoms. The number of nitrogens with zero attached hydrogens (tertiary/aromatic N) is 1. The van der Waals surface area contributed by atoms with Gasteiger partial charge in [0.2, 0.25) is 0 Å². The van der Waals surface area contributed by atoms with Crippen LogP contribution in [0.5, 0.6) is 0 Å².